The van der Waals surface area contributed by atoms with E-state index in [1.54, 1.807) is 6.07 Å². The summed E-state index contributed by atoms with van der Waals surface area (Å²) in [6.07, 6.45) is 1.96. The Morgan fingerprint density at radius 2 is 2.16 bits per heavy atom. The van der Waals surface area contributed by atoms with Crippen molar-refractivity contribution in [3.8, 4) is 0 Å². The maximum atomic E-state index is 10.2. The van der Waals surface area contributed by atoms with Crippen LogP contribution in [0.25, 0.3) is 0 Å². The lowest BCUT2D eigenvalue weighted by molar-refractivity contribution is -0.0191. The van der Waals surface area contributed by atoms with Gasteiger partial charge in [-0.2, -0.15) is 0 Å². The number of hydrogen-bond donors (Lipinski definition) is 2. The zero-order valence-electron chi connectivity index (χ0n) is 11.3. The molecule has 1 fully saturated rings. The Kier molecular flexibility index (Phi) is 4.85. The summed E-state index contributed by atoms with van der Waals surface area (Å²) in [6, 6.07) is 7.40. The molecule has 2 rings (SSSR count). The minimum atomic E-state index is -0.590. The number of likely N-dealkylation sites (tertiary alicyclic amines) is 1. The van der Waals surface area contributed by atoms with Gasteiger partial charge in [0.1, 0.15) is 0 Å². The zero-order valence-corrected chi connectivity index (χ0v) is 12.1. The minimum absolute atomic E-state index is 0.541. The number of aliphatic hydroxyl groups is 2. The standard InChI is InChI=1S/C15H22ClNO2/c1-15(19)8-4-9-17(11-15)10-7-14(18)12-5-2-3-6-13(12)16/h2-3,5-6,14,18-19H,4,7-11H2,1H3. The van der Waals surface area contributed by atoms with E-state index in [1.165, 1.54) is 0 Å². The van der Waals surface area contributed by atoms with Crippen molar-refractivity contribution in [2.75, 3.05) is 19.6 Å². The third kappa shape index (κ3) is 4.18. The molecule has 0 amide bonds. The van der Waals surface area contributed by atoms with E-state index in [9.17, 15) is 10.2 Å². The van der Waals surface area contributed by atoms with Crippen LogP contribution in [0.2, 0.25) is 5.02 Å². The second-order valence-corrected chi connectivity index (χ2v) is 6.11. The van der Waals surface area contributed by atoms with Gasteiger partial charge in [0.25, 0.3) is 0 Å². The predicted molar refractivity (Wildman–Crippen MR) is 77.3 cm³/mol. The van der Waals surface area contributed by atoms with Gasteiger partial charge < -0.3 is 15.1 Å². The average molecular weight is 284 g/mol. The summed E-state index contributed by atoms with van der Waals surface area (Å²) < 4.78 is 0. The molecule has 2 N–H and O–H groups in total. The molecule has 106 valence electrons. The summed E-state index contributed by atoms with van der Waals surface area (Å²) in [5.41, 5.74) is 0.195. The Morgan fingerprint density at radius 1 is 1.42 bits per heavy atom. The Hall–Kier alpha value is -0.610. The molecule has 1 aromatic carbocycles. The van der Waals surface area contributed by atoms with Gasteiger partial charge in [-0.1, -0.05) is 29.8 Å². The van der Waals surface area contributed by atoms with Gasteiger partial charge in [0, 0.05) is 18.1 Å². The monoisotopic (exact) mass is 283 g/mol. The van der Waals surface area contributed by atoms with Crippen LogP contribution in [0.5, 0.6) is 0 Å². The molecule has 0 aliphatic carbocycles. The summed E-state index contributed by atoms with van der Waals surface area (Å²) in [6.45, 7) is 4.33. The zero-order chi connectivity index (χ0) is 13.9. The Bertz CT molecular complexity index is 422. The average Bonchev–Trinajstić information content (AvgIpc) is 2.35. The maximum Gasteiger partial charge on any atom is 0.0816 e. The highest BCUT2D eigenvalue weighted by Crippen LogP contribution is 2.26. The Balaban J connectivity index is 1.87. The van der Waals surface area contributed by atoms with Gasteiger partial charge in [0.2, 0.25) is 0 Å². The van der Waals surface area contributed by atoms with Crippen molar-refractivity contribution in [1.29, 1.82) is 0 Å². The maximum absolute atomic E-state index is 10.2. The molecule has 1 aliphatic rings. The molecule has 4 heteroatoms. The lowest BCUT2D eigenvalue weighted by Crippen LogP contribution is -2.46. The number of nitrogens with zero attached hydrogens (tertiary/aromatic N) is 1. The summed E-state index contributed by atoms with van der Waals surface area (Å²) in [5, 5.41) is 20.8. The number of piperidine rings is 1. The van der Waals surface area contributed by atoms with E-state index in [1.807, 2.05) is 25.1 Å². The first-order valence-corrected chi connectivity index (χ1v) is 7.23. The number of benzene rings is 1. The van der Waals surface area contributed by atoms with Crippen LogP contribution in [0.3, 0.4) is 0 Å². The van der Waals surface area contributed by atoms with Crippen molar-refractivity contribution < 1.29 is 10.2 Å². The molecular formula is C15H22ClNO2. The summed E-state index contributed by atoms with van der Waals surface area (Å²) >= 11 is 6.07. The molecule has 0 aromatic heterocycles. The van der Waals surface area contributed by atoms with E-state index >= 15 is 0 Å². The molecular weight excluding hydrogens is 262 g/mol. The number of β-amino-alcohol motifs (C(OH)–C–C–N with tert-alkyl or cyclic N) is 1. The lowest BCUT2D eigenvalue weighted by atomic mass is 9.95. The predicted octanol–water partition coefficient (Wildman–Crippen LogP) is 2.61. The Morgan fingerprint density at radius 3 is 2.84 bits per heavy atom. The molecule has 1 saturated heterocycles. The molecule has 0 spiro atoms. The number of halogens is 1. The topological polar surface area (TPSA) is 43.7 Å². The second kappa shape index (κ2) is 6.23. The van der Waals surface area contributed by atoms with Gasteiger partial charge in [0.05, 0.1) is 11.7 Å². The smallest absolute Gasteiger partial charge is 0.0816 e. The Labute approximate surface area is 119 Å². The van der Waals surface area contributed by atoms with E-state index in [0.29, 0.717) is 18.0 Å². The fraction of sp³-hybridized carbons (Fsp3) is 0.600. The third-order valence-electron chi connectivity index (χ3n) is 3.74. The van der Waals surface area contributed by atoms with Crippen LogP contribution in [0.4, 0.5) is 0 Å². The molecule has 1 aliphatic heterocycles. The van der Waals surface area contributed by atoms with Crippen LogP contribution in [-0.2, 0) is 0 Å². The molecule has 1 aromatic rings. The molecule has 0 radical (unpaired) electrons. The highest BCUT2D eigenvalue weighted by atomic mass is 35.5. The molecule has 0 bridgehead atoms. The first-order chi connectivity index (χ1) is 8.98. The van der Waals surface area contributed by atoms with Crippen LogP contribution < -0.4 is 0 Å². The quantitative estimate of drug-likeness (QED) is 0.893. The molecule has 19 heavy (non-hydrogen) atoms. The van der Waals surface area contributed by atoms with Crippen molar-refractivity contribution >= 4 is 11.6 Å². The van der Waals surface area contributed by atoms with Crippen LogP contribution in [0.15, 0.2) is 24.3 Å². The molecule has 0 saturated carbocycles. The van der Waals surface area contributed by atoms with E-state index < -0.39 is 11.7 Å². The van der Waals surface area contributed by atoms with Gasteiger partial charge in [-0.15, -0.1) is 0 Å². The largest absolute Gasteiger partial charge is 0.389 e. The first-order valence-electron chi connectivity index (χ1n) is 6.85. The highest BCUT2D eigenvalue weighted by molar-refractivity contribution is 6.31. The van der Waals surface area contributed by atoms with Gasteiger partial charge in [-0.3, -0.25) is 0 Å². The van der Waals surface area contributed by atoms with Crippen LogP contribution in [-0.4, -0.2) is 40.3 Å². The van der Waals surface area contributed by atoms with E-state index in [2.05, 4.69) is 4.90 Å². The van der Waals surface area contributed by atoms with E-state index in [-0.39, 0.29) is 0 Å². The number of rotatable bonds is 4. The van der Waals surface area contributed by atoms with Gasteiger partial charge >= 0.3 is 0 Å². The molecule has 2 atom stereocenters. The third-order valence-corrected chi connectivity index (χ3v) is 4.08. The number of aliphatic hydroxyl groups excluding tert-OH is 1. The fourth-order valence-corrected chi connectivity index (χ4v) is 2.98. The lowest BCUT2D eigenvalue weighted by Gasteiger charge is -2.37. The molecule has 2 unspecified atom stereocenters. The number of hydrogen-bond acceptors (Lipinski definition) is 3. The SMILES string of the molecule is CC1(O)CCCN(CCC(O)c2ccccc2Cl)C1. The van der Waals surface area contributed by atoms with Gasteiger partial charge in [-0.05, 0) is 44.4 Å². The normalized spacial score (nSPS) is 26.3. The van der Waals surface area contributed by atoms with Crippen molar-refractivity contribution in [3.05, 3.63) is 34.9 Å². The summed E-state index contributed by atoms with van der Waals surface area (Å²) in [4.78, 5) is 2.21. The fourth-order valence-electron chi connectivity index (χ4n) is 2.72. The summed E-state index contributed by atoms with van der Waals surface area (Å²) in [7, 11) is 0. The highest BCUT2D eigenvalue weighted by Gasteiger charge is 2.28. The first kappa shape index (κ1) is 14.8. The second-order valence-electron chi connectivity index (χ2n) is 5.70. The molecule has 3 nitrogen and oxygen atoms in total. The van der Waals surface area contributed by atoms with Crippen molar-refractivity contribution in [3.63, 3.8) is 0 Å². The van der Waals surface area contributed by atoms with Gasteiger partial charge in [-0.25, -0.2) is 0 Å². The molecule has 1 heterocycles. The van der Waals surface area contributed by atoms with Crippen LogP contribution >= 0.6 is 11.6 Å². The van der Waals surface area contributed by atoms with Gasteiger partial charge in [0.15, 0.2) is 0 Å². The van der Waals surface area contributed by atoms with Crippen LogP contribution in [0.1, 0.15) is 37.9 Å². The summed E-state index contributed by atoms with van der Waals surface area (Å²) in [5.74, 6) is 0. The van der Waals surface area contributed by atoms with Crippen LogP contribution in [0, 0.1) is 0 Å². The van der Waals surface area contributed by atoms with Crippen molar-refractivity contribution in [1.82, 2.24) is 4.90 Å². The van der Waals surface area contributed by atoms with Crippen molar-refractivity contribution in [2.24, 2.45) is 0 Å². The van der Waals surface area contributed by atoms with E-state index in [0.717, 1.165) is 31.5 Å². The minimum Gasteiger partial charge on any atom is -0.389 e. The van der Waals surface area contributed by atoms with Crippen molar-refractivity contribution in [2.45, 2.75) is 37.9 Å². The van der Waals surface area contributed by atoms with E-state index in [4.69, 9.17) is 11.6 Å².